The number of rotatable bonds is 4. The smallest absolute Gasteiger partial charge is 0.416 e. The standard InChI is InChI=1S/C26H20F3NO3/c1-32-19-14-17(13-18(15-19)26(27,28)29)7-6-12-30-25(31)33-16-24-22-10-4-2-8-20(22)21-9-3-5-11-23(21)24/h2-5,8-11,13-15,24H,12,16H2,1H3,(H,30,31). The Morgan fingerprint density at radius 1 is 1.00 bits per heavy atom. The largest absolute Gasteiger partial charge is 0.497 e. The van der Waals surface area contributed by atoms with Crippen molar-refractivity contribution in [2.45, 2.75) is 12.1 Å². The van der Waals surface area contributed by atoms with E-state index in [0.29, 0.717) is 0 Å². The molecule has 1 amide bonds. The number of amides is 1. The second-order valence-corrected chi connectivity index (χ2v) is 7.43. The summed E-state index contributed by atoms with van der Waals surface area (Å²) in [7, 11) is 1.28. The number of alkyl halides is 3. The lowest BCUT2D eigenvalue weighted by atomic mass is 9.98. The van der Waals surface area contributed by atoms with Crippen molar-refractivity contribution in [3.63, 3.8) is 0 Å². The fourth-order valence-corrected chi connectivity index (χ4v) is 3.86. The molecule has 0 bridgehead atoms. The molecule has 3 aromatic carbocycles. The first-order valence-corrected chi connectivity index (χ1v) is 10.2. The molecule has 0 saturated carbocycles. The average molecular weight is 451 g/mol. The Morgan fingerprint density at radius 2 is 1.64 bits per heavy atom. The first-order valence-electron chi connectivity index (χ1n) is 10.2. The molecule has 0 spiro atoms. The van der Waals surface area contributed by atoms with Crippen LogP contribution in [0, 0.1) is 11.8 Å². The first kappa shape index (κ1) is 22.3. The molecule has 1 aliphatic carbocycles. The molecule has 0 radical (unpaired) electrons. The number of methoxy groups -OCH3 is 1. The zero-order chi connectivity index (χ0) is 23.4. The van der Waals surface area contributed by atoms with Crippen LogP contribution in [0.2, 0.25) is 0 Å². The molecular weight excluding hydrogens is 431 g/mol. The van der Waals surface area contributed by atoms with Crippen LogP contribution in [0.3, 0.4) is 0 Å². The van der Waals surface area contributed by atoms with E-state index < -0.39 is 17.8 Å². The zero-order valence-electron chi connectivity index (χ0n) is 17.7. The Bertz CT molecular complexity index is 1200. The molecule has 0 fully saturated rings. The SMILES string of the molecule is COc1cc(C#CCNC(=O)OCC2c3ccccc3-c3ccccc32)cc(C(F)(F)F)c1. The highest BCUT2D eigenvalue weighted by Gasteiger charge is 2.31. The number of ether oxygens (including phenoxy) is 2. The monoisotopic (exact) mass is 451 g/mol. The Balaban J connectivity index is 1.36. The van der Waals surface area contributed by atoms with E-state index in [2.05, 4.69) is 17.2 Å². The molecule has 4 rings (SSSR count). The van der Waals surface area contributed by atoms with Gasteiger partial charge in [0.15, 0.2) is 0 Å². The van der Waals surface area contributed by atoms with Crippen molar-refractivity contribution in [1.82, 2.24) is 5.32 Å². The van der Waals surface area contributed by atoms with Crippen LogP contribution in [0.15, 0.2) is 66.7 Å². The van der Waals surface area contributed by atoms with Gasteiger partial charge < -0.3 is 14.8 Å². The maximum atomic E-state index is 13.0. The van der Waals surface area contributed by atoms with Crippen molar-refractivity contribution in [2.75, 3.05) is 20.3 Å². The molecule has 168 valence electrons. The first-order chi connectivity index (χ1) is 15.9. The van der Waals surface area contributed by atoms with Crippen LogP contribution in [0.5, 0.6) is 5.75 Å². The number of halogens is 3. The molecule has 0 saturated heterocycles. The molecule has 3 aromatic rings. The predicted octanol–water partition coefficient (Wildman–Crippen LogP) is 5.60. The van der Waals surface area contributed by atoms with Gasteiger partial charge in [-0.3, -0.25) is 0 Å². The minimum atomic E-state index is -4.51. The number of hydrogen-bond acceptors (Lipinski definition) is 3. The van der Waals surface area contributed by atoms with Gasteiger partial charge in [-0.15, -0.1) is 0 Å². The van der Waals surface area contributed by atoms with Crippen LogP contribution in [0.1, 0.15) is 28.2 Å². The van der Waals surface area contributed by atoms with Crippen molar-refractivity contribution in [1.29, 1.82) is 0 Å². The summed E-state index contributed by atoms with van der Waals surface area (Å²) >= 11 is 0. The Kier molecular flexibility index (Phi) is 6.27. The van der Waals surface area contributed by atoms with E-state index in [0.717, 1.165) is 34.4 Å². The number of nitrogens with one attached hydrogen (secondary N) is 1. The number of hydrogen-bond donors (Lipinski definition) is 1. The van der Waals surface area contributed by atoms with Gasteiger partial charge in [-0.05, 0) is 40.5 Å². The third kappa shape index (κ3) is 4.96. The molecule has 0 heterocycles. The van der Waals surface area contributed by atoms with Gasteiger partial charge in [0, 0.05) is 11.5 Å². The molecule has 4 nitrogen and oxygen atoms in total. The van der Waals surface area contributed by atoms with Crippen molar-refractivity contribution in [2.24, 2.45) is 0 Å². The number of alkyl carbamates (subject to hydrolysis) is 1. The van der Waals surface area contributed by atoms with Gasteiger partial charge >= 0.3 is 12.3 Å². The average Bonchev–Trinajstić information content (AvgIpc) is 3.13. The van der Waals surface area contributed by atoms with Crippen molar-refractivity contribution < 1.29 is 27.4 Å². The van der Waals surface area contributed by atoms with E-state index in [1.807, 2.05) is 48.5 Å². The zero-order valence-corrected chi connectivity index (χ0v) is 17.7. The van der Waals surface area contributed by atoms with Gasteiger partial charge in [0.1, 0.15) is 12.4 Å². The highest BCUT2D eigenvalue weighted by Crippen LogP contribution is 2.44. The molecule has 0 unspecified atom stereocenters. The van der Waals surface area contributed by atoms with Crippen LogP contribution in [0.4, 0.5) is 18.0 Å². The van der Waals surface area contributed by atoms with Crippen LogP contribution >= 0.6 is 0 Å². The molecule has 1 aliphatic rings. The van der Waals surface area contributed by atoms with E-state index in [1.54, 1.807) is 0 Å². The third-order valence-corrected chi connectivity index (χ3v) is 5.37. The second-order valence-electron chi connectivity index (χ2n) is 7.43. The van der Waals surface area contributed by atoms with E-state index in [9.17, 15) is 18.0 Å². The van der Waals surface area contributed by atoms with Crippen LogP contribution in [-0.2, 0) is 10.9 Å². The molecule has 0 aliphatic heterocycles. The molecule has 0 atom stereocenters. The Morgan fingerprint density at radius 3 is 2.24 bits per heavy atom. The third-order valence-electron chi connectivity index (χ3n) is 5.37. The minimum absolute atomic E-state index is 0.0543. The van der Waals surface area contributed by atoms with Gasteiger partial charge in [0.05, 0.1) is 19.2 Å². The van der Waals surface area contributed by atoms with Gasteiger partial charge in [-0.25, -0.2) is 4.79 Å². The van der Waals surface area contributed by atoms with E-state index >= 15 is 0 Å². The van der Waals surface area contributed by atoms with E-state index in [-0.39, 0.29) is 30.4 Å². The summed E-state index contributed by atoms with van der Waals surface area (Å²) in [5.41, 5.74) is 3.75. The molecule has 1 N–H and O–H groups in total. The maximum Gasteiger partial charge on any atom is 0.416 e. The summed E-state index contributed by atoms with van der Waals surface area (Å²) in [6.45, 7) is 0.0906. The van der Waals surface area contributed by atoms with Gasteiger partial charge in [-0.2, -0.15) is 13.2 Å². The van der Waals surface area contributed by atoms with Crippen molar-refractivity contribution in [3.8, 4) is 28.7 Å². The van der Waals surface area contributed by atoms with Crippen molar-refractivity contribution in [3.05, 3.63) is 89.0 Å². The highest BCUT2D eigenvalue weighted by molar-refractivity contribution is 5.79. The van der Waals surface area contributed by atoms with Crippen LogP contribution in [0.25, 0.3) is 11.1 Å². The summed E-state index contributed by atoms with van der Waals surface area (Å²) in [6, 6.07) is 19.2. The Labute approximate surface area is 189 Å². The number of carbonyl (C=O) groups is 1. The lowest BCUT2D eigenvalue weighted by Crippen LogP contribution is -2.26. The fourth-order valence-electron chi connectivity index (χ4n) is 3.86. The number of carbonyl (C=O) groups excluding carboxylic acids is 1. The highest BCUT2D eigenvalue weighted by atomic mass is 19.4. The minimum Gasteiger partial charge on any atom is -0.497 e. The van der Waals surface area contributed by atoms with Gasteiger partial charge in [-0.1, -0.05) is 60.4 Å². The van der Waals surface area contributed by atoms with E-state index in [4.69, 9.17) is 9.47 Å². The van der Waals surface area contributed by atoms with Crippen LogP contribution < -0.4 is 10.1 Å². The summed E-state index contributed by atoms with van der Waals surface area (Å²) in [5, 5.41) is 2.51. The second kappa shape index (κ2) is 9.29. The Hall–Kier alpha value is -3.92. The summed E-state index contributed by atoms with van der Waals surface area (Å²) < 4.78 is 49.3. The van der Waals surface area contributed by atoms with Gasteiger partial charge in [0.2, 0.25) is 0 Å². The summed E-state index contributed by atoms with van der Waals surface area (Å²) in [6.07, 6.45) is -5.15. The quantitative estimate of drug-likeness (QED) is 0.525. The number of fused-ring (bicyclic) bond motifs is 3. The molecular formula is C26H20F3NO3. The summed E-state index contributed by atoms with van der Waals surface area (Å²) in [4.78, 5) is 12.2. The normalized spacial score (nSPS) is 12.2. The van der Waals surface area contributed by atoms with E-state index in [1.165, 1.54) is 13.2 Å². The van der Waals surface area contributed by atoms with Gasteiger partial charge in [0.25, 0.3) is 0 Å². The molecule has 7 heteroatoms. The molecule has 33 heavy (non-hydrogen) atoms. The lowest BCUT2D eigenvalue weighted by molar-refractivity contribution is -0.137. The summed E-state index contributed by atoms with van der Waals surface area (Å²) in [5.74, 6) is 5.24. The fraction of sp³-hybridized carbons (Fsp3) is 0.192. The lowest BCUT2D eigenvalue weighted by Gasteiger charge is -2.14. The molecule has 0 aromatic heterocycles. The maximum absolute atomic E-state index is 13.0. The number of benzene rings is 3. The topological polar surface area (TPSA) is 47.6 Å². The van der Waals surface area contributed by atoms with Crippen LogP contribution in [-0.4, -0.2) is 26.4 Å². The van der Waals surface area contributed by atoms with Crippen molar-refractivity contribution >= 4 is 6.09 Å². The predicted molar refractivity (Wildman–Crippen MR) is 118 cm³/mol.